The number of rotatable bonds is 1. The average molecular weight is 126 g/mol. The Balaban J connectivity index is 0. The normalized spacial score (nSPS) is 5.44. The first-order valence-electron chi connectivity index (χ1n) is 2.26. The fraction of sp³-hybridized carbons (Fsp3) is 0.143. The van der Waals surface area contributed by atoms with Gasteiger partial charge in [0.05, 0.1) is 6.26 Å². The molecule has 0 aromatic rings. The van der Waals surface area contributed by atoms with E-state index in [1.807, 2.05) is 0 Å². The summed E-state index contributed by atoms with van der Waals surface area (Å²) in [6, 6.07) is 0. The summed E-state index contributed by atoms with van der Waals surface area (Å²) in [5.41, 5.74) is 2.25. The van der Waals surface area contributed by atoms with E-state index in [0.717, 1.165) is 6.26 Å². The molecule has 2 nitrogen and oxygen atoms in total. The summed E-state index contributed by atoms with van der Waals surface area (Å²) in [7, 11) is 0. The van der Waals surface area contributed by atoms with E-state index in [0.29, 0.717) is 0 Å². The highest BCUT2D eigenvalue weighted by Crippen LogP contribution is 1.70. The highest BCUT2D eigenvalue weighted by Gasteiger charge is 1.79. The maximum absolute atomic E-state index is 9.75. The Morgan fingerprint density at radius 1 is 1.67 bits per heavy atom. The summed E-state index contributed by atoms with van der Waals surface area (Å²) in [6.07, 6.45) is 1.10. The Hall–Kier alpha value is -1.27. The van der Waals surface area contributed by atoms with Gasteiger partial charge in [0.1, 0.15) is 0 Å². The standard InChI is InChI=1S/C4H6O2.C3H4/c1-3-6-4(2)5;1-3-2/h3H,1H2,2H3;1-2H2. The van der Waals surface area contributed by atoms with Crippen LogP contribution in [0.4, 0.5) is 0 Å². The monoisotopic (exact) mass is 126 g/mol. The number of carbonyl (C=O) groups is 1. The van der Waals surface area contributed by atoms with Gasteiger partial charge in [0.25, 0.3) is 0 Å². The number of ether oxygens (including phenoxy) is 1. The molecule has 0 saturated carbocycles. The number of hydrogen-bond acceptors (Lipinski definition) is 2. The number of carbonyl (C=O) groups excluding carboxylic acids is 1. The van der Waals surface area contributed by atoms with Crippen molar-refractivity contribution in [3.8, 4) is 0 Å². The molecule has 0 saturated heterocycles. The van der Waals surface area contributed by atoms with Crippen LogP contribution in [0.25, 0.3) is 0 Å². The SMILES string of the molecule is C=C=C.C=COC(C)=O. The van der Waals surface area contributed by atoms with Crippen LogP contribution in [0.3, 0.4) is 0 Å². The molecule has 0 bridgehead atoms. The zero-order valence-electron chi connectivity index (χ0n) is 5.52. The van der Waals surface area contributed by atoms with Crippen LogP contribution in [0, 0.1) is 0 Å². The van der Waals surface area contributed by atoms with Crippen molar-refractivity contribution in [2.75, 3.05) is 0 Å². The van der Waals surface area contributed by atoms with Crippen molar-refractivity contribution in [1.29, 1.82) is 0 Å². The largest absolute Gasteiger partial charge is 0.435 e. The second-order valence-corrected chi connectivity index (χ2v) is 1.03. The van der Waals surface area contributed by atoms with Crippen molar-refractivity contribution in [3.05, 3.63) is 31.7 Å². The summed E-state index contributed by atoms with van der Waals surface area (Å²) in [4.78, 5) is 9.75. The predicted octanol–water partition coefficient (Wildman–Crippen LogP) is 1.65. The van der Waals surface area contributed by atoms with Crippen molar-refractivity contribution in [1.82, 2.24) is 0 Å². The van der Waals surface area contributed by atoms with E-state index >= 15 is 0 Å². The molecule has 0 atom stereocenters. The molecule has 0 spiro atoms. The lowest BCUT2D eigenvalue weighted by molar-refractivity contribution is -0.135. The molecule has 0 unspecified atom stereocenters. The Morgan fingerprint density at radius 2 is 2.00 bits per heavy atom. The molecule has 0 aromatic carbocycles. The maximum atomic E-state index is 9.75. The first-order valence-corrected chi connectivity index (χ1v) is 2.26. The molecule has 0 fully saturated rings. The lowest BCUT2D eigenvalue weighted by atomic mass is 10.8. The Bertz CT molecular complexity index is 119. The van der Waals surface area contributed by atoms with E-state index in [2.05, 4.69) is 30.2 Å². The second kappa shape index (κ2) is 9.88. The smallest absolute Gasteiger partial charge is 0.307 e. The minimum atomic E-state index is -0.329. The highest BCUT2D eigenvalue weighted by molar-refractivity contribution is 5.66. The van der Waals surface area contributed by atoms with Crippen molar-refractivity contribution in [2.45, 2.75) is 6.92 Å². The molecule has 0 N–H and O–H groups in total. The Labute approximate surface area is 55.1 Å². The lowest BCUT2D eigenvalue weighted by Gasteiger charge is -1.83. The summed E-state index contributed by atoms with van der Waals surface area (Å²) < 4.78 is 4.17. The third-order valence-corrected chi connectivity index (χ3v) is 0.249. The molecule has 0 heterocycles. The van der Waals surface area contributed by atoms with Crippen LogP contribution in [-0.4, -0.2) is 5.97 Å². The minimum absolute atomic E-state index is 0.329. The van der Waals surface area contributed by atoms with Crippen LogP contribution in [0.15, 0.2) is 31.7 Å². The van der Waals surface area contributed by atoms with Gasteiger partial charge in [0.2, 0.25) is 0 Å². The van der Waals surface area contributed by atoms with E-state index in [1.165, 1.54) is 6.92 Å². The van der Waals surface area contributed by atoms with Gasteiger partial charge in [0.15, 0.2) is 0 Å². The van der Waals surface area contributed by atoms with Gasteiger partial charge >= 0.3 is 5.97 Å². The maximum Gasteiger partial charge on any atom is 0.307 e. The molecule has 2 heteroatoms. The van der Waals surface area contributed by atoms with Gasteiger partial charge in [-0.25, -0.2) is 0 Å². The van der Waals surface area contributed by atoms with Gasteiger partial charge in [-0.15, -0.1) is 5.73 Å². The summed E-state index contributed by atoms with van der Waals surface area (Å²) in [6.45, 7) is 10.7. The third-order valence-electron chi connectivity index (χ3n) is 0.249. The first kappa shape index (κ1) is 10.7. The number of esters is 1. The molecule has 0 amide bonds. The molecular weight excluding hydrogens is 116 g/mol. The van der Waals surface area contributed by atoms with Gasteiger partial charge in [-0.05, 0) is 0 Å². The van der Waals surface area contributed by atoms with Gasteiger partial charge < -0.3 is 4.74 Å². The van der Waals surface area contributed by atoms with E-state index in [9.17, 15) is 4.79 Å². The van der Waals surface area contributed by atoms with Crippen molar-refractivity contribution in [3.63, 3.8) is 0 Å². The van der Waals surface area contributed by atoms with Gasteiger partial charge in [-0.1, -0.05) is 19.7 Å². The average Bonchev–Trinajstić information content (AvgIpc) is 1.67. The topological polar surface area (TPSA) is 26.3 Å². The number of hydrogen-bond donors (Lipinski definition) is 0. The predicted molar refractivity (Wildman–Crippen MR) is 36.7 cm³/mol. The van der Waals surface area contributed by atoms with Crippen LogP contribution in [0.2, 0.25) is 0 Å². The molecule has 50 valence electrons. The zero-order chi connectivity index (χ0) is 7.70. The van der Waals surface area contributed by atoms with Crippen LogP contribution in [0.1, 0.15) is 6.92 Å². The molecule has 0 rings (SSSR count). The zero-order valence-corrected chi connectivity index (χ0v) is 5.52. The lowest BCUT2D eigenvalue weighted by Crippen LogP contribution is -1.87. The molecular formula is C7H10O2. The van der Waals surface area contributed by atoms with E-state index in [1.54, 1.807) is 0 Å². The molecule has 0 aliphatic rings. The van der Waals surface area contributed by atoms with Crippen molar-refractivity contribution >= 4 is 5.97 Å². The van der Waals surface area contributed by atoms with Gasteiger partial charge in [-0.3, -0.25) is 4.79 Å². The second-order valence-electron chi connectivity index (χ2n) is 1.03. The van der Waals surface area contributed by atoms with Crippen LogP contribution in [0.5, 0.6) is 0 Å². The first-order chi connectivity index (χ1) is 4.18. The molecule has 0 radical (unpaired) electrons. The summed E-state index contributed by atoms with van der Waals surface area (Å²) in [5.74, 6) is -0.329. The van der Waals surface area contributed by atoms with E-state index in [-0.39, 0.29) is 5.97 Å². The van der Waals surface area contributed by atoms with E-state index in [4.69, 9.17) is 0 Å². The third kappa shape index (κ3) is 50.3. The molecule has 0 aliphatic carbocycles. The summed E-state index contributed by atoms with van der Waals surface area (Å²) >= 11 is 0. The minimum Gasteiger partial charge on any atom is -0.435 e. The van der Waals surface area contributed by atoms with Crippen LogP contribution < -0.4 is 0 Å². The highest BCUT2D eigenvalue weighted by atomic mass is 16.5. The van der Waals surface area contributed by atoms with Crippen molar-refractivity contribution in [2.24, 2.45) is 0 Å². The van der Waals surface area contributed by atoms with E-state index < -0.39 is 0 Å². The van der Waals surface area contributed by atoms with Crippen molar-refractivity contribution < 1.29 is 9.53 Å². The molecule has 0 aromatic heterocycles. The fourth-order valence-corrected chi connectivity index (χ4v) is 0.117. The fourth-order valence-electron chi connectivity index (χ4n) is 0.117. The van der Waals surface area contributed by atoms with Crippen LogP contribution >= 0.6 is 0 Å². The molecule has 9 heavy (non-hydrogen) atoms. The quantitative estimate of drug-likeness (QED) is 0.303. The van der Waals surface area contributed by atoms with Gasteiger partial charge in [0, 0.05) is 6.92 Å². The Morgan fingerprint density at radius 3 is 2.00 bits per heavy atom. The summed E-state index contributed by atoms with van der Waals surface area (Å²) in [5, 5.41) is 0. The Kier molecular flexibility index (Phi) is 11.7. The molecule has 0 aliphatic heterocycles. The van der Waals surface area contributed by atoms with Gasteiger partial charge in [-0.2, -0.15) is 0 Å². The van der Waals surface area contributed by atoms with Crippen LogP contribution in [-0.2, 0) is 9.53 Å².